The third-order valence-corrected chi connectivity index (χ3v) is 4.91. The zero-order valence-corrected chi connectivity index (χ0v) is 17.9. The number of carbonyl (C=O) groups excluding carboxylic acids is 1. The number of benzene rings is 1. The van der Waals surface area contributed by atoms with Gasteiger partial charge in [-0.25, -0.2) is 4.68 Å². The van der Waals surface area contributed by atoms with Gasteiger partial charge in [0.2, 0.25) is 5.91 Å². The summed E-state index contributed by atoms with van der Waals surface area (Å²) < 4.78 is 40.9. The van der Waals surface area contributed by atoms with E-state index in [1.165, 1.54) is 18.3 Å². The molecule has 0 fully saturated rings. The molecule has 0 saturated carbocycles. The van der Waals surface area contributed by atoms with E-state index in [1.54, 1.807) is 18.5 Å². The molecule has 2 heterocycles. The van der Waals surface area contributed by atoms with Crippen molar-refractivity contribution in [2.45, 2.75) is 58.9 Å². The quantitative estimate of drug-likeness (QED) is 0.680. The van der Waals surface area contributed by atoms with Crippen molar-refractivity contribution in [3.8, 4) is 0 Å². The number of rotatable bonds is 4. The Bertz CT molecular complexity index is 1170. The lowest BCUT2D eigenvalue weighted by molar-refractivity contribution is -0.137. The molecule has 0 aliphatic carbocycles. The molecule has 0 aliphatic rings. The molecule has 3 rings (SSSR count). The molecule has 3 aromatic rings. The summed E-state index contributed by atoms with van der Waals surface area (Å²) in [5.41, 5.74) is 0.114. The van der Waals surface area contributed by atoms with Crippen molar-refractivity contribution >= 4 is 16.8 Å². The molecule has 0 saturated heterocycles. The molecule has 2 aromatic heterocycles. The second-order valence-electron chi connectivity index (χ2n) is 8.44. The van der Waals surface area contributed by atoms with Crippen molar-refractivity contribution in [2.24, 2.45) is 0 Å². The van der Waals surface area contributed by atoms with Gasteiger partial charge in [-0.2, -0.15) is 23.4 Å². The van der Waals surface area contributed by atoms with Crippen molar-refractivity contribution in [1.29, 1.82) is 0 Å². The van der Waals surface area contributed by atoms with E-state index in [2.05, 4.69) is 15.5 Å². The standard InChI is InChI=1S/C21H24F3N5O2/c1-12(14-6-8-15(9-7-14)21(22,23)24)26-17(30)11-28-19(31)18-13(2)27-29(20(3,4)5)16(18)10-25-28/h6-10,12H,11H2,1-5H3,(H,26,30). The van der Waals surface area contributed by atoms with E-state index in [1.807, 2.05) is 20.8 Å². The van der Waals surface area contributed by atoms with E-state index in [-0.39, 0.29) is 12.1 Å². The van der Waals surface area contributed by atoms with Crippen LogP contribution in [0.4, 0.5) is 13.2 Å². The van der Waals surface area contributed by atoms with Crippen LogP contribution >= 0.6 is 0 Å². The first-order chi connectivity index (χ1) is 14.3. The smallest absolute Gasteiger partial charge is 0.348 e. The SMILES string of the molecule is Cc1nn(C(C)(C)C)c2cnn(CC(=O)NC(C)c3ccc(C(F)(F)F)cc3)c(=O)c12. The summed E-state index contributed by atoms with van der Waals surface area (Å²) in [6, 6.07) is 4.02. The maximum atomic E-state index is 12.9. The largest absolute Gasteiger partial charge is 0.416 e. The Morgan fingerprint density at radius 1 is 1.16 bits per heavy atom. The fourth-order valence-corrected chi connectivity index (χ4v) is 3.33. The molecule has 0 aliphatic heterocycles. The highest BCUT2D eigenvalue weighted by Crippen LogP contribution is 2.30. The molecule has 0 bridgehead atoms. The summed E-state index contributed by atoms with van der Waals surface area (Å²) in [5.74, 6) is -0.484. The molecule has 1 atom stereocenters. The lowest BCUT2D eigenvalue weighted by Crippen LogP contribution is -2.35. The Kier molecular flexibility index (Phi) is 5.68. The van der Waals surface area contributed by atoms with Crippen LogP contribution in [0.5, 0.6) is 0 Å². The summed E-state index contributed by atoms with van der Waals surface area (Å²) in [4.78, 5) is 25.3. The lowest BCUT2D eigenvalue weighted by atomic mass is 10.1. The molecular formula is C21H24F3N5O2. The van der Waals surface area contributed by atoms with Crippen LogP contribution in [-0.4, -0.2) is 25.5 Å². The normalized spacial score (nSPS) is 13.4. The van der Waals surface area contributed by atoms with Gasteiger partial charge in [-0.05, 0) is 52.3 Å². The third-order valence-electron chi connectivity index (χ3n) is 4.91. The highest BCUT2D eigenvalue weighted by Gasteiger charge is 2.30. The maximum absolute atomic E-state index is 12.9. The predicted octanol–water partition coefficient (Wildman–Crippen LogP) is 3.55. The van der Waals surface area contributed by atoms with Gasteiger partial charge in [-0.15, -0.1) is 0 Å². The van der Waals surface area contributed by atoms with E-state index in [0.717, 1.165) is 16.8 Å². The average molecular weight is 435 g/mol. The van der Waals surface area contributed by atoms with Crippen LogP contribution in [0.1, 0.15) is 50.6 Å². The van der Waals surface area contributed by atoms with Crippen LogP contribution < -0.4 is 10.9 Å². The number of nitrogens with zero attached hydrogens (tertiary/aromatic N) is 4. The molecule has 1 aromatic carbocycles. The highest BCUT2D eigenvalue weighted by atomic mass is 19.4. The van der Waals surface area contributed by atoms with E-state index in [9.17, 15) is 22.8 Å². The van der Waals surface area contributed by atoms with E-state index >= 15 is 0 Å². The Hall–Kier alpha value is -3.17. The molecule has 166 valence electrons. The Labute approximate surface area is 176 Å². The van der Waals surface area contributed by atoms with Crippen LogP contribution in [0.25, 0.3) is 10.9 Å². The number of hydrogen-bond acceptors (Lipinski definition) is 4. The van der Waals surface area contributed by atoms with Crippen molar-refractivity contribution in [3.05, 3.63) is 57.6 Å². The zero-order chi connectivity index (χ0) is 23.1. The summed E-state index contributed by atoms with van der Waals surface area (Å²) >= 11 is 0. The number of alkyl halides is 3. The molecule has 0 radical (unpaired) electrons. The topological polar surface area (TPSA) is 81.8 Å². The first-order valence-electron chi connectivity index (χ1n) is 9.71. The van der Waals surface area contributed by atoms with Gasteiger partial charge < -0.3 is 5.32 Å². The van der Waals surface area contributed by atoms with Crippen LogP contribution in [0.2, 0.25) is 0 Å². The second-order valence-corrected chi connectivity index (χ2v) is 8.44. The number of aromatic nitrogens is 4. The molecule has 10 heteroatoms. The monoisotopic (exact) mass is 435 g/mol. The van der Waals surface area contributed by atoms with Crippen LogP contribution in [0.15, 0.2) is 35.3 Å². The summed E-state index contributed by atoms with van der Waals surface area (Å²) in [7, 11) is 0. The van der Waals surface area contributed by atoms with Gasteiger partial charge in [0.1, 0.15) is 6.54 Å². The van der Waals surface area contributed by atoms with Crippen molar-refractivity contribution < 1.29 is 18.0 Å². The lowest BCUT2D eigenvalue weighted by Gasteiger charge is -2.20. The molecular weight excluding hydrogens is 411 g/mol. The number of hydrogen-bond donors (Lipinski definition) is 1. The Balaban J connectivity index is 1.78. The van der Waals surface area contributed by atoms with Gasteiger partial charge in [-0.1, -0.05) is 12.1 Å². The molecule has 1 unspecified atom stereocenters. The number of aryl methyl sites for hydroxylation is 1. The van der Waals surface area contributed by atoms with Gasteiger partial charge in [-0.3, -0.25) is 14.3 Å². The average Bonchev–Trinajstić information content (AvgIpc) is 3.01. The second kappa shape index (κ2) is 7.82. The molecule has 7 nitrogen and oxygen atoms in total. The minimum atomic E-state index is -4.42. The molecule has 31 heavy (non-hydrogen) atoms. The van der Waals surface area contributed by atoms with Crippen LogP contribution in [0.3, 0.4) is 0 Å². The van der Waals surface area contributed by atoms with Crippen LogP contribution in [0, 0.1) is 6.92 Å². The Morgan fingerprint density at radius 3 is 2.32 bits per heavy atom. The van der Waals surface area contributed by atoms with Gasteiger partial charge in [0.15, 0.2) is 0 Å². The zero-order valence-electron chi connectivity index (χ0n) is 17.9. The van der Waals surface area contributed by atoms with E-state index in [4.69, 9.17) is 0 Å². The van der Waals surface area contributed by atoms with Gasteiger partial charge in [0, 0.05) is 0 Å². The van der Waals surface area contributed by atoms with Gasteiger partial charge in [0.05, 0.1) is 39.9 Å². The minimum Gasteiger partial charge on any atom is -0.348 e. The molecule has 1 amide bonds. The predicted molar refractivity (Wildman–Crippen MR) is 110 cm³/mol. The van der Waals surface area contributed by atoms with E-state index in [0.29, 0.717) is 22.2 Å². The van der Waals surface area contributed by atoms with Crippen molar-refractivity contribution in [1.82, 2.24) is 24.9 Å². The minimum absolute atomic E-state index is 0.320. The van der Waals surface area contributed by atoms with Crippen molar-refractivity contribution in [2.75, 3.05) is 0 Å². The first kappa shape index (κ1) is 22.5. The fourth-order valence-electron chi connectivity index (χ4n) is 3.33. The fraction of sp³-hybridized carbons (Fsp3) is 0.429. The number of amides is 1. The van der Waals surface area contributed by atoms with Crippen molar-refractivity contribution in [3.63, 3.8) is 0 Å². The number of nitrogens with one attached hydrogen (secondary N) is 1. The van der Waals surface area contributed by atoms with Gasteiger partial charge in [0.25, 0.3) is 5.56 Å². The van der Waals surface area contributed by atoms with Crippen LogP contribution in [-0.2, 0) is 23.1 Å². The Morgan fingerprint density at radius 2 is 1.77 bits per heavy atom. The number of carbonyl (C=O) groups is 1. The number of fused-ring (bicyclic) bond motifs is 1. The van der Waals surface area contributed by atoms with Gasteiger partial charge >= 0.3 is 6.18 Å². The number of halogens is 3. The van der Waals surface area contributed by atoms with E-state index < -0.39 is 29.2 Å². The first-order valence-corrected chi connectivity index (χ1v) is 9.71. The molecule has 1 N–H and O–H groups in total. The summed E-state index contributed by atoms with van der Waals surface area (Å²) in [5, 5.41) is 11.6. The maximum Gasteiger partial charge on any atom is 0.416 e. The summed E-state index contributed by atoms with van der Waals surface area (Å²) in [6.45, 7) is 8.93. The third kappa shape index (κ3) is 4.62. The summed E-state index contributed by atoms with van der Waals surface area (Å²) in [6.07, 6.45) is -2.91. The highest BCUT2D eigenvalue weighted by molar-refractivity contribution is 5.81. The molecule has 0 spiro atoms.